The van der Waals surface area contributed by atoms with Crippen LogP contribution in [-0.4, -0.2) is 23.3 Å². The van der Waals surface area contributed by atoms with Crippen molar-refractivity contribution in [2.75, 3.05) is 18.4 Å². The van der Waals surface area contributed by atoms with E-state index < -0.39 is 0 Å². The van der Waals surface area contributed by atoms with Crippen molar-refractivity contribution in [3.05, 3.63) is 41.5 Å². The van der Waals surface area contributed by atoms with E-state index in [1.165, 1.54) is 6.07 Å². The van der Waals surface area contributed by atoms with E-state index in [-0.39, 0.29) is 5.82 Å². The molecular weight excluding hydrogens is 247 g/mol. The van der Waals surface area contributed by atoms with Gasteiger partial charge in [0, 0.05) is 6.54 Å². The summed E-state index contributed by atoms with van der Waals surface area (Å²) in [5.41, 5.74) is 0.669. The molecule has 0 unspecified atom stereocenters. The minimum Gasteiger partial charge on any atom is -0.407 e. The maximum atomic E-state index is 13.4. The molecular formula is C13H17FN4O. The molecule has 0 spiro atoms. The monoisotopic (exact) mass is 264 g/mol. The second-order valence-corrected chi connectivity index (χ2v) is 4.05. The summed E-state index contributed by atoms with van der Waals surface area (Å²) in [4.78, 5) is 0. The van der Waals surface area contributed by atoms with Gasteiger partial charge in [-0.15, -0.1) is 5.10 Å². The van der Waals surface area contributed by atoms with Crippen LogP contribution in [0.2, 0.25) is 0 Å². The van der Waals surface area contributed by atoms with Crippen LogP contribution in [0, 0.1) is 5.82 Å². The normalized spacial score (nSPS) is 10.6. The fraction of sp³-hybridized carbons (Fsp3) is 0.385. The van der Waals surface area contributed by atoms with Gasteiger partial charge in [0.25, 0.3) is 0 Å². The molecule has 0 fully saturated rings. The zero-order chi connectivity index (χ0) is 13.5. The van der Waals surface area contributed by atoms with Gasteiger partial charge in [0.2, 0.25) is 5.89 Å². The van der Waals surface area contributed by atoms with Gasteiger partial charge in [-0.3, -0.25) is 0 Å². The Morgan fingerprint density at radius 2 is 2.11 bits per heavy atom. The molecule has 1 heterocycles. The molecule has 2 aromatic rings. The topological polar surface area (TPSA) is 63.0 Å². The van der Waals surface area contributed by atoms with Gasteiger partial charge in [-0.1, -0.05) is 30.2 Å². The number of hydrogen-bond donors (Lipinski definition) is 2. The van der Waals surface area contributed by atoms with Crippen molar-refractivity contribution >= 4 is 6.01 Å². The van der Waals surface area contributed by atoms with Crippen molar-refractivity contribution in [2.24, 2.45) is 0 Å². The predicted molar refractivity (Wildman–Crippen MR) is 70.3 cm³/mol. The van der Waals surface area contributed by atoms with Gasteiger partial charge in [-0.05, 0) is 24.6 Å². The number of benzene rings is 1. The Hall–Kier alpha value is -1.95. The molecule has 0 saturated heterocycles. The largest absolute Gasteiger partial charge is 0.407 e. The van der Waals surface area contributed by atoms with E-state index in [4.69, 9.17) is 4.42 Å². The Morgan fingerprint density at radius 3 is 2.89 bits per heavy atom. The Balaban J connectivity index is 1.79. The number of halogens is 1. The predicted octanol–water partition coefficient (Wildman–Crippen LogP) is 1.97. The van der Waals surface area contributed by atoms with Gasteiger partial charge in [-0.2, -0.15) is 0 Å². The molecule has 0 saturated carbocycles. The van der Waals surface area contributed by atoms with Crippen LogP contribution < -0.4 is 10.6 Å². The standard InChI is InChI=1S/C13H17FN4O/c1-2-15-9-12-17-18-13(19-12)16-8-7-10-5-3-4-6-11(10)14/h3-6,15H,2,7-9H2,1H3,(H,16,18). The molecule has 0 aliphatic carbocycles. The molecule has 1 aromatic carbocycles. The van der Waals surface area contributed by atoms with E-state index in [9.17, 15) is 4.39 Å². The summed E-state index contributed by atoms with van der Waals surface area (Å²) in [6, 6.07) is 7.08. The van der Waals surface area contributed by atoms with E-state index in [1.807, 2.05) is 13.0 Å². The van der Waals surface area contributed by atoms with Gasteiger partial charge in [0.15, 0.2) is 0 Å². The quantitative estimate of drug-likeness (QED) is 0.800. The molecule has 19 heavy (non-hydrogen) atoms. The van der Waals surface area contributed by atoms with Crippen LogP contribution in [0.15, 0.2) is 28.7 Å². The zero-order valence-corrected chi connectivity index (χ0v) is 10.8. The lowest BCUT2D eigenvalue weighted by molar-refractivity contribution is 0.481. The van der Waals surface area contributed by atoms with Gasteiger partial charge in [0.1, 0.15) is 5.82 Å². The first-order valence-corrected chi connectivity index (χ1v) is 6.30. The summed E-state index contributed by atoms with van der Waals surface area (Å²) in [7, 11) is 0. The molecule has 0 aliphatic heterocycles. The highest BCUT2D eigenvalue weighted by Crippen LogP contribution is 2.09. The van der Waals surface area contributed by atoms with Gasteiger partial charge >= 0.3 is 6.01 Å². The summed E-state index contributed by atoms with van der Waals surface area (Å²) < 4.78 is 18.7. The minimum atomic E-state index is -0.192. The summed E-state index contributed by atoms with van der Waals surface area (Å²) in [6.45, 7) is 3.95. The molecule has 0 amide bonds. The summed E-state index contributed by atoms with van der Waals surface area (Å²) in [5, 5.41) is 13.8. The second kappa shape index (κ2) is 6.84. The first kappa shape index (κ1) is 13.5. The Morgan fingerprint density at radius 1 is 1.26 bits per heavy atom. The maximum absolute atomic E-state index is 13.4. The molecule has 102 valence electrons. The number of nitrogens with one attached hydrogen (secondary N) is 2. The van der Waals surface area contributed by atoms with Crippen LogP contribution >= 0.6 is 0 Å². The lowest BCUT2D eigenvalue weighted by Gasteiger charge is -2.03. The molecule has 0 atom stereocenters. The van der Waals surface area contributed by atoms with E-state index in [0.29, 0.717) is 37.0 Å². The van der Waals surface area contributed by atoms with Crippen LogP contribution in [0.3, 0.4) is 0 Å². The summed E-state index contributed by atoms with van der Waals surface area (Å²) in [6.07, 6.45) is 0.567. The number of anilines is 1. The Kier molecular flexibility index (Phi) is 4.85. The molecule has 5 nitrogen and oxygen atoms in total. The van der Waals surface area contributed by atoms with Gasteiger partial charge < -0.3 is 15.1 Å². The van der Waals surface area contributed by atoms with E-state index >= 15 is 0 Å². The lowest BCUT2D eigenvalue weighted by atomic mass is 10.1. The first-order chi connectivity index (χ1) is 9.29. The fourth-order valence-corrected chi connectivity index (χ4v) is 1.63. The molecule has 2 N–H and O–H groups in total. The van der Waals surface area contributed by atoms with Crippen molar-refractivity contribution in [3.8, 4) is 0 Å². The highest BCUT2D eigenvalue weighted by molar-refractivity contribution is 5.21. The van der Waals surface area contributed by atoms with Crippen LogP contribution in [0.5, 0.6) is 0 Å². The van der Waals surface area contributed by atoms with Crippen molar-refractivity contribution < 1.29 is 8.81 Å². The zero-order valence-electron chi connectivity index (χ0n) is 10.8. The number of nitrogens with zero attached hydrogens (tertiary/aromatic N) is 2. The molecule has 0 radical (unpaired) electrons. The number of rotatable bonds is 7. The van der Waals surface area contributed by atoms with Crippen molar-refractivity contribution in [1.82, 2.24) is 15.5 Å². The van der Waals surface area contributed by atoms with Crippen LogP contribution in [0.4, 0.5) is 10.4 Å². The Bertz CT molecular complexity index is 515. The van der Waals surface area contributed by atoms with E-state index in [1.54, 1.807) is 12.1 Å². The highest BCUT2D eigenvalue weighted by Gasteiger charge is 2.05. The van der Waals surface area contributed by atoms with E-state index in [0.717, 1.165) is 6.54 Å². The third-order valence-electron chi connectivity index (χ3n) is 2.62. The molecule has 2 rings (SSSR count). The molecule has 0 aliphatic rings. The smallest absolute Gasteiger partial charge is 0.315 e. The van der Waals surface area contributed by atoms with Crippen molar-refractivity contribution in [3.63, 3.8) is 0 Å². The van der Waals surface area contributed by atoms with Crippen LogP contribution in [0.25, 0.3) is 0 Å². The Labute approximate surface area is 111 Å². The highest BCUT2D eigenvalue weighted by atomic mass is 19.1. The van der Waals surface area contributed by atoms with Gasteiger partial charge in [0.05, 0.1) is 6.54 Å². The third-order valence-corrected chi connectivity index (χ3v) is 2.62. The first-order valence-electron chi connectivity index (χ1n) is 6.30. The average Bonchev–Trinajstić information content (AvgIpc) is 2.86. The third kappa shape index (κ3) is 4.03. The van der Waals surface area contributed by atoms with Crippen LogP contribution in [-0.2, 0) is 13.0 Å². The second-order valence-electron chi connectivity index (χ2n) is 4.05. The van der Waals surface area contributed by atoms with Gasteiger partial charge in [-0.25, -0.2) is 4.39 Å². The minimum absolute atomic E-state index is 0.192. The summed E-state index contributed by atoms with van der Waals surface area (Å²) in [5.74, 6) is 0.345. The SMILES string of the molecule is CCNCc1nnc(NCCc2ccccc2F)o1. The summed E-state index contributed by atoms with van der Waals surface area (Å²) >= 11 is 0. The fourth-order valence-electron chi connectivity index (χ4n) is 1.63. The lowest BCUT2D eigenvalue weighted by Crippen LogP contribution is -2.11. The molecule has 1 aromatic heterocycles. The molecule has 0 bridgehead atoms. The van der Waals surface area contributed by atoms with Crippen molar-refractivity contribution in [2.45, 2.75) is 19.9 Å². The van der Waals surface area contributed by atoms with Crippen LogP contribution in [0.1, 0.15) is 18.4 Å². The van der Waals surface area contributed by atoms with Crippen molar-refractivity contribution in [1.29, 1.82) is 0 Å². The molecule has 6 heteroatoms. The average molecular weight is 264 g/mol. The van der Waals surface area contributed by atoms with E-state index in [2.05, 4.69) is 20.8 Å². The maximum Gasteiger partial charge on any atom is 0.315 e. The number of hydrogen-bond acceptors (Lipinski definition) is 5. The number of aromatic nitrogens is 2.